The number of quaternary nitrogens is 1. The van der Waals surface area contributed by atoms with Crippen molar-refractivity contribution < 1.29 is 32.4 Å². The summed E-state index contributed by atoms with van der Waals surface area (Å²) in [5.41, 5.74) is 3.88. The number of carbonyl (C=O) groups excluding carboxylic acids is 2. The van der Waals surface area contributed by atoms with Crippen molar-refractivity contribution in [2.75, 3.05) is 32.6 Å². The van der Waals surface area contributed by atoms with Gasteiger partial charge in [0, 0.05) is 37.0 Å². The zero-order valence-corrected chi connectivity index (χ0v) is 28.6. The molecule has 0 radical (unpaired) electrons. The lowest BCUT2D eigenvalue weighted by atomic mass is 10.0. The fraction of sp³-hybridized carbons (Fsp3) is 0.515. The lowest BCUT2D eigenvalue weighted by Crippen LogP contribution is -3.05. The van der Waals surface area contributed by atoms with E-state index in [1.54, 1.807) is 19.1 Å². The summed E-state index contributed by atoms with van der Waals surface area (Å²) in [6.45, 7) is 8.67. The van der Waals surface area contributed by atoms with Crippen LogP contribution in [0.25, 0.3) is 0 Å². The first-order valence-electron chi connectivity index (χ1n) is 14.4. The van der Waals surface area contributed by atoms with E-state index in [9.17, 15) is 18.0 Å². The Morgan fingerprint density at radius 1 is 1.12 bits per heavy atom. The Kier molecular flexibility index (Phi) is 16.7. The first-order valence-corrected chi connectivity index (χ1v) is 17.3. The zero-order chi connectivity index (χ0) is 31.3. The first-order chi connectivity index (χ1) is 19.7. The van der Waals surface area contributed by atoms with Crippen molar-refractivity contribution in [1.82, 2.24) is 4.98 Å². The number of esters is 2. The molecule has 0 fully saturated rings. The summed E-state index contributed by atoms with van der Waals surface area (Å²) in [5, 5.41) is 2.75. The van der Waals surface area contributed by atoms with Crippen LogP contribution in [0.3, 0.4) is 0 Å². The van der Waals surface area contributed by atoms with Crippen LogP contribution in [0.15, 0.2) is 64.6 Å². The van der Waals surface area contributed by atoms with E-state index in [1.165, 1.54) is 28.6 Å². The van der Waals surface area contributed by atoms with Gasteiger partial charge < -0.3 is 21.8 Å². The number of cyclic esters (lactones) is 2. The summed E-state index contributed by atoms with van der Waals surface area (Å²) >= 11 is 1.48. The topological polar surface area (TPSA) is 104 Å². The van der Waals surface area contributed by atoms with Crippen molar-refractivity contribution in [3.8, 4) is 0 Å². The Hall–Kier alpha value is -2.82. The number of nitrogens with zero attached hydrogens (tertiary/aromatic N) is 1. The quantitative estimate of drug-likeness (QED) is 0.268. The highest BCUT2D eigenvalue weighted by Gasteiger charge is 2.22. The summed E-state index contributed by atoms with van der Waals surface area (Å²) < 4.78 is 35.5. The van der Waals surface area contributed by atoms with Crippen LogP contribution in [0.5, 0.6) is 0 Å². The van der Waals surface area contributed by atoms with E-state index in [-0.39, 0.29) is 31.6 Å². The minimum absolute atomic E-state index is 0. The van der Waals surface area contributed by atoms with Gasteiger partial charge in [-0.3, -0.25) is 4.79 Å². The van der Waals surface area contributed by atoms with E-state index < -0.39 is 27.9 Å². The van der Waals surface area contributed by atoms with Crippen LogP contribution in [0.4, 0.5) is 0 Å². The zero-order valence-electron chi connectivity index (χ0n) is 27.0. The Bertz CT molecular complexity index is 1320. The molecule has 10 heteroatoms. The van der Waals surface area contributed by atoms with Crippen LogP contribution < -0.4 is 4.90 Å². The van der Waals surface area contributed by atoms with E-state index in [0.29, 0.717) is 25.7 Å². The molecular weight excluding hydrogens is 585 g/mol. The molecule has 1 aliphatic rings. The molecule has 2 heterocycles. The molecule has 0 aromatic carbocycles. The number of rotatable bonds is 7. The Balaban J connectivity index is 0.00000924. The maximum absolute atomic E-state index is 12.7. The third-order valence-corrected chi connectivity index (χ3v) is 8.49. The van der Waals surface area contributed by atoms with Crippen LogP contribution in [-0.2, 0) is 41.7 Å². The van der Waals surface area contributed by atoms with Gasteiger partial charge in [0.05, 0.1) is 37.1 Å². The van der Waals surface area contributed by atoms with Gasteiger partial charge in [-0.15, -0.1) is 11.3 Å². The largest absolute Gasteiger partial charge is 0.462 e. The number of aromatic nitrogens is 1. The lowest BCUT2D eigenvalue weighted by molar-refractivity contribution is -0.851. The monoisotopic (exact) mass is 634 g/mol. The van der Waals surface area contributed by atoms with Crippen LogP contribution >= 0.6 is 11.3 Å². The van der Waals surface area contributed by atoms with Crippen molar-refractivity contribution in [2.24, 2.45) is 5.92 Å². The highest BCUT2D eigenvalue weighted by atomic mass is 32.2. The SMILES string of the molecule is CC(/C=C/C(C)=C/C1Cc2nc(cs2)CCC(CS(C)(=O)=O)CC(=O)OC(C)C/C(C)=C/C=C\C(=O)O1)=C\C[NH+](C)C.[CH3-]. The van der Waals surface area contributed by atoms with Crippen LogP contribution in [0, 0.1) is 13.3 Å². The summed E-state index contributed by atoms with van der Waals surface area (Å²) in [6.07, 6.45) is 15.3. The predicted molar refractivity (Wildman–Crippen MR) is 176 cm³/mol. The number of ether oxygens (including phenoxy) is 2. The van der Waals surface area contributed by atoms with Crippen molar-refractivity contribution in [3.05, 3.63) is 82.8 Å². The molecule has 3 atom stereocenters. The number of allylic oxidation sites excluding steroid dienone is 6. The molecule has 1 N–H and O–H groups in total. The number of hydrogen-bond donors (Lipinski definition) is 1. The predicted octanol–water partition coefficient (Wildman–Crippen LogP) is 4.46. The molecule has 1 aromatic rings. The van der Waals surface area contributed by atoms with Crippen molar-refractivity contribution >= 4 is 33.1 Å². The van der Waals surface area contributed by atoms with Crippen molar-refractivity contribution in [1.29, 1.82) is 0 Å². The van der Waals surface area contributed by atoms with Crippen LogP contribution in [-0.4, -0.2) is 70.2 Å². The summed E-state index contributed by atoms with van der Waals surface area (Å²) in [7, 11) is 0.932. The van der Waals surface area contributed by atoms with Gasteiger partial charge in [0.25, 0.3) is 0 Å². The van der Waals surface area contributed by atoms with E-state index in [4.69, 9.17) is 14.5 Å². The number of likely N-dealkylation sites (N-methyl/N-ethyl adjacent to an activating group) is 1. The second-order valence-electron chi connectivity index (χ2n) is 11.6. The second kappa shape index (κ2) is 18.8. The minimum atomic E-state index is -3.28. The molecule has 2 bridgehead atoms. The van der Waals surface area contributed by atoms with Crippen LogP contribution in [0.2, 0.25) is 0 Å². The molecule has 0 aliphatic carbocycles. The van der Waals surface area contributed by atoms with E-state index in [2.05, 4.69) is 33.2 Å². The number of aryl methyl sites for hydroxylation is 1. The van der Waals surface area contributed by atoms with Crippen molar-refractivity contribution in [3.63, 3.8) is 0 Å². The minimum Gasteiger partial charge on any atom is -0.462 e. The Labute approximate surface area is 263 Å². The Morgan fingerprint density at radius 3 is 2.49 bits per heavy atom. The van der Waals surface area contributed by atoms with Gasteiger partial charge in [-0.05, 0) is 64.2 Å². The van der Waals surface area contributed by atoms with Gasteiger partial charge in [-0.2, -0.15) is 0 Å². The normalized spacial score (nSPS) is 24.2. The number of thiazole rings is 1. The van der Waals surface area contributed by atoms with Gasteiger partial charge >= 0.3 is 11.9 Å². The van der Waals surface area contributed by atoms with E-state index >= 15 is 0 Å². The molecule has 0 amide bonds. The van der Waals surface area contributed by atoms with Gasteiger partial charge in [0.2, 0.25) is 0 Å². The maximum Gasteiger partial charge on any atom is 0.331 e. The summed E-state index contributed by atoms with van der Waals surface area (Å²) in [4.78, 5) is 31.4. The Morgan fingerprint density at radius 2 is 1.81 bits per heavy atom. The molecule has 3 unspecified atom stereocenters. The second-order valence-corrected chi connectivity index (χ2v) is 14.7. The fourth-order valence-corrected chi connectivity index (χ4v) is 6.50. The summed E-state index contributed by atoms with van der Waals surface area (Å²) in [6, 6.07) is 0. The molecule has 240 valence electrons. The average Bonchev–Trinajstić information content (AvgIpc) is 3.30. The molecule has 2 rings (SSSR count). The lowest BCUT2D eigenvalue weighted by Gasteiger charge is -2.18. The number of sulfone groups is 1. The maximum atomic E-state index is 12.7. The number of fused-ring (bicyclic) bond motifs is 2. The van der Waals surface area contributed by atoms with Gasteiger partial charge in [-0.1, -0.05) is 35.5 Å². The van der Waals surface area contributed by atoms with Gasteiger partial charge in [0.1, 0.15) is 22.0 Å². The molecule has 0 saturated carbocycles. The van der Waals surface area contributed by atoms with Crippen molar-refractivity contribution in [2.45, 2.75) is 72.0 Å². The smallest absolute Gasteiger partial charge is 0.331 e. The fourth-order valence-electron chi connectivity index (χ4n) is 4.48. The number of hydrogen-bond acceptors (Lipinski definition) is 8. The number of carbonyl (C=O) groups is 2. The summed E-state index contributed by atoms with van der Waals surface area (Å²) in [5.74, 6) is -1.32. The molecule has 0 spiro atoms. The third kappa shape index (κ3) is 17.2. The van der Waals surface area contributed by atoms with E-state index in [0.717, 1.165) is 34.0 Å². The molecule has 1 aromatic heterocycles. The standard InChI is InChI=1S/C32H46N2O6S2.CH3/c1-23(15-16-34(5)6)11-12-25(3)18-29-20-30-33-28(21-41-30)14-13-27(22-42(7,37)38)19-32(36)39-26(4)17-24(2)9-8-10-31(35)40-29;/h8-12,15,18,21,26-27,29H,13-14,16-17,19-20,22H2,1-7H3;1H3/q;-1/p+1/b10-8-,12-11+,23-15+,24-9+,25-18+;. The molecule has 0 saturated heterocycles. The molecule has 1 aliphatic heterocycles. The highest BCUT2D eigenvalue weighted by molar-refractivity contribution is 7.90. The van der Waals surface area contributed by atoms with Crippen LogP contribution in [0.1, 0.15) is 57.7 Å². The van der Waals surface area contributed by atoms with E-state index in [1.807, 2.05) is 31.4 Å². The third-order valence-electron chi connectivity index (χ3n) is 6.49. The average molecular weight is 635 g/mol. The molecule has 43 heavy (non-hydrogen) atoms. The van der Waals surface area contributed by atoms with Gasteiger partial charge in [0.15, 0.2) is 0 Å². The van der Waals surface area contributed by atoms with Gasteiger partial charge in [-0.25, -0.2) is 18.2 Å². The first kappa shape index (κ1) is 38.2. The molecular formula is C33H50N2O6S2. The molecule has 8 nitrogen and oxygen atoms in total. The number of nitrogens with one attached hydrogen (secondary N) is 1. The highest BCUT2D eigenvalue weighted by Crippen LogP contribution is 2.21.